The first-order chi connectivity index (χ1) is 12.0. The van der Waals surface area contributed by atoms with Crippen molar-refractivity contribution >= 4 is 11.9 Å². The summed E-state index contributed by atoms with van der Waals surface area (Å²) in [6.45, 7) is 7.77. The molecule has 1 aliphatic carbocycles. The molecule has 0 saturated carbocycles. The summed E-state index contributed by atoms with van der Waals surface area (Å²) in [7, 11) is 0. The highest BCUT2D eigenvalue weighted by Gasteiger charge is 2.34. The van der Waals surface area contributed by atoms with Gasteiger partial charge in [-0.25, -0.2) is 4.79 Å². The quantitative estimate of drug-likeness (QED) is 0.841. The first-order valence-corrected chi connectivity index (χ1v) is 9.38. The first kappa shape index (κ1) is 17.9. The summed E-state index contributed by atoms with van der Waals surface area (Å²) in [5, 5.41) is 13.7. The van der Waals surface area contributed by atoms with Crippen molar-refractivity contribution in [1.29, 1.82) is 0 Å². The van der Waals surface area contributed by atoms with Crippen molar-refractivity contribution in [2.75, 3.05) is 26.2 Å². The molecule has 2 aliphatic rings. The molecule has 0 radical (unpaired) electrons. The maximum absolute atomic E-state index is 12.4. The summed E-state index contributed by atoms with van der Waals surface area (Å²) in [5.74, 6) is -0.752. The standard InChI is InChI=1S/C18H28N4O3/c1-3-5-8-20-9-10-21(12-16(20)23)13-6-7-15-14(11-13)17(18(24)25)19-22(15)4-2/h13H,3-12H2,1-2H3,(H,24,25)/t13-/m0/s1. The molecule has 138 valence electrons. The lowest BCUT2D eigenvalue weighted by molar-refractivity contribution is -0.137. The smallest absolute Gasteiger partial charge is 0.356 e. The van der Waals surface area contributed by atoms with Gasteiger partial charge in [-0.1, -0.05) is 13.3 Å². The Morgan fingerprint density at radius 2 is 2.12 bits per heavy atom. The molecule has 1 N–H and O–H groups in total. The molecule has 7 nitrogen and oxygen atoms in total. The minimum Gasteiger partial charge on any atom is -0.476 e. The third-order valence-electron chi connectivity index (χ3n) is 5.47. The Morgan fingerprint density at radius 3 is 2.76 bits per heavy atom. The number of aryl methyl sites for hydroxylation is 1. The predicted molar refractivity (Wildman–Crippen MR) is 93.7 cm³/mol. The number of carbonyl (C=O) groups excluding carboxylic acids is 1. The van der Waals surface area contributed by atoms with Crippen LogP contribution in [0.1, 0.15) is 54.9 Å². The van der Waals surface area contributed by atoms with E-state index in [4.69, 9.17) is 0 Å². The van der Waals surface area contributed by atoms with Crippen molar-refractivity contribution in [3.05, 3.63) is 17.0 Å². The van der Waals surface area contributed by atoms with Crippen LogP contribution in [0.5, 0.6) is 0 Å². The third-order valence-corrected chi connectivity index (χ3v) is 5.47. The maximum Gasteiger partial charge on any atom is 0.356 e. The lowest BCUT2D eigenvalue weighted by atomic mass is 9.90. The van der Waals surface area contributed by atoms with E-state index < -0.39 is 5.97 Å². The molecule has 1 amide bonds. The minimum atomic E-state index is -0.954. The molecule has 0 unspecified atom stereocenters. The van der Waals surface area contributed by atoms with Crippen molar-refractivity contribution in [3.8, 4) is 0 Å². The molecule has 25 heavy (non-hydrogen) atoms. The molecule has 1 fully saturated rings. The molecule has 0 spiro atoms. The summed E-state index contributed by atoms with van der Waals surface area (Å²) < 4.78 is 1.82. The Kier molecular flexibility index (Phi) is 5.42. The van der Waals surface area contributed by atoms with Crippen LogP contribution < -0.4 is 0 Å². The van der Waals surface area contributed by atoms with Gasteiger partial charge in [-0.3, -0.25) is 14.4 Å². The van der Waals surface area contributed by atoms with Crippen LogP contribution in [0.2, 0.25) is 0 Å². The van der Waals surface area contributed by atoms with Gasteiger partial charge in [0.15, 0.2) is 5.69 Å². The number of rotatable bonds is 6. The molecular weight excluding hydrogens is 320 g/mol. The van der Waals surface area contributed by atoms with Crippen LogP contribution in [0, 0.1) is 0 Å². The number of carbonyl (C=O) groups is 2. The average Bonchev–Trinajstić information content (AvgIpc) is 2.99. The first-order valence-electron chi connectivity index (χ1n) is 9.38. The van der Waals surface area contributed by atoms with Crippen molar-refractivity contribution in [1.82, 2.24) is 19.6 Å². The third kappa shape index (κ3) is 3.56. The van der Waals surface area contributed by atoms with Gasteiger partial charge in [-0.15, -0.1) is 0 Å². The average molecular weight is 348 g/mol. The highest BCUT2D eigenvalue weighted by Crippen LogP contribution is 2.28. The number of piperazine rings is 1. The van der Waals surface area contributed by atoms with E-state index in [2.05, 4.69) is 16.9 Å². The molecule has 0 bridgehead atoms. The van der Waals surface area contributed by atoms with E-state index in [1.807, 2.05) is 16.5 Å². The summed E-state index contributed by atoms with van der Waals surface area (Å²) in [6, 6.07) is 0.234. The van der Waals surface area contributed by atoms with Crippen molar-refractivity contribution in [2.45, 2.75) is 58.5 Å². The molecule has 0 aromatic carbocycles. The Labute approximate surface area is 148 Å². The van der Waals surface area contributed by atoms with Crippen LogP contribution in [0.15, 0.2) is 0 Å². The number of carboxylic acid groups (broad SMARTS) is 1. The molecule has 1 aliphatic heterocycles. The Balaban J connectivity index is 1.70. The maximum atomic E-state index is 12.4. The number of aromatic carboxylic acids is 1. The Bertz CT molecular complexity index is 655. The zero-order valence-corrected chi connectivity index (χ0v) is 15.2. The van der Waals surface area contributed by atoms with E-state index in [0.717, 1.165) is 56.6 Å². The van der Waals surface area contributed by atoms with Crippen LogP contribution in [0.4, 0.5) is 0 Å². The molecule has 1 atom stereocenters. The SMILES string of the molecule is CCCCN1CCN([C@H]2CCc3c(c(C(=O)O)nn3CC)C2)CC1=O. The van der Waals surface area contributed by atoms with Crippen molar-refractivity contribution in [3.63, 3.8) is 0 Å². The molecule has 2 heterocycles. The highest BCUT2D eigenvalue weighted by molar-refractivity contribution is 5.87. The second kappa shape index (κ2) is 7.56. The number of hydrogen-bond acceptors (Lipinski definition) is 4. The number of carboxylic acids is 1. The second-order valence-electron chi connectivity index (χ2n) is 7.00. The molecular formula is C18H28N4O3. The summed E-state index contributed by atoms with van der Waals surface area (Å²) in [5.41, 5.74) is 2.12. The van der Waals surface area contributed by atoms with Gasteiger partial charge in [-0.2, -0.15) is 5.10 Å². The van der Waals surface area contributed by atoms with Gasteiger partial charge in [-0.05, 0) is 32.6 Å². The zero-order valence-electron chi connectivity index (χ0n) is 15.2. The van der Waals surface area contributed by atoms with E-state index in [9.17, 15) is 14.7 Å². The largest absolute Gasteiger partial charge is 0.476 e. The van der Waals surface area contributed by atoms with Crippen molar-refractivity contribution < 1.29 is 14.7 Å². The molecule has 7 heteroatoms. The minimum absolute atomic E-state index is 0.189. The van der Waals surface area contributed by atoms with Gasteiger partial charge in [0.25, 0.3) is 0 Å². The van der Waals surface area contributed by atoms with Crippen molar-refractivity contribution in [2.24, 2.45) is 0 Å². The summed E-state index contributed by atoms with van der Waals surface area (Å²) >= 11 is 0. The fourth-order valence-corrected chi connectivity index (χ4v) is 4.04. The second-order valence-corrected chi connectivity index (χ2v) is 7.00. The normalized spacial score (nSPS) is 21.4. The molecule has 3 rings (SSSR count). The van der Waals surface area contributed by atoms with E-state index in [-0.39, 0.29) is 17.6 Å². The lowest BCUT2D eigenvalue weighted by Gasteiger charge is -2.40. The van der Waals surface area contributed by atoms with Gasteiger partial charge in [0, 0.05) is 43.5 Å². The van der Waals surface area contributed by atoms with Gasteiger partial charge in [0.1, 0.15) is 0 Å². The van der Waals surface area contributed by atoms with E-state index in [0.29, 0.717) is 19.5 Å². The summed E-state index contributed by atoms with van der Waals surface area (Å²) in [6.07, 6.45) is 4.62. The van der Waals surface area contributed by atoms with Crippen LogP contribution in [-0.4, -0.2) is 68.8 Å². The number of hydrogen-bond donors (Lipinski definition) is 1. The zero-order chi connectivity index (χ0) is 18.0. The van der Waals surface area contributed by atoms with E-state index >= 15 is 0 Å². The molecule has 1 aromatic heterocycles. The van der Waals surface area contributed by atoms with Crippen LogP contribution >= 0.6 is 0 Å². The summed E-state index contributed by atoms with van der Waals surface area (Å²) in [4.78, 5) is 28.1. The number of amides is 1. The van der Waals surface area contributed by atoms with Gasteiger partial charge in [0.05, 0.1) is 6.54 Å². The van der Waals surface area contributed by atoms with Gasteiger partial charge >= 0.3 is 5.97 Å². The van der Waals surface area contributed by atoms with Gasteiger partial charge in [0.2, 0.25) is 5.91 Å². The fraction of sp³-hybridized carbons (Fsp3) is 0.722. The predicted octanol–water partition coefficient (Wildman–Crippen LogP) is 1.40. The van der Waals surface area contributed by atoms with Crippen LogP contribution in [0.25, 0.3) is 0 Å². The molecule has 1 saturated heterocycles. The number of unbranched alkanes of at least 4 members (excludes halogenated alkanes) is 1. The molecule has 1 aromatic rings. The van der Waals surface area contributed by atoms with Crippen LogP contribution in [0.3, 0.4) is 0 Å². The van der Waals surface area contributed by atoms with Gasteiger partial charge < -0.3 is 10.0 Å². The monoisotopic (exact) mass is 348 g/mol. The fourth-order valence-electron chi connectivity index (χ4n) is 4.04. The number of nitrogens with zero attached hydrogens (tertiary/aromatic N) is 4. The number of fused-ring (bicyclic) bond motifs is 1. The topological polar surface area (TPSA) is 78.7 Å². The lowest BCUT2D eigenvalue weighted by Crippen LogP contribution is -2.54. The highest BCUT2D eigenvalue weighted by atomic mass is 16.4. The van der Waals surface area contributed by atoms with Crippen LogP contribution in [-0.2, 0) is 24.2 Å². The Hall–Kier alpha value is -1.89. The number of aromatic nitrogens is 2. The Morgan fingerprint density at radius 1 is 1.32 bits per heavy atom. The van der Waals surface area contributed by atoms with E-state index in [1.165, 1.54) is 0 Å². The van der Waals surface area contributed by atoms with E-state index in [1.54, 1.807) is 0 Å².